The molecule has 2 aromatic rings. The van der Waals surface area contributed by atoms with E-state index in [-0.39, 0.29) is 23.8 Å². The van der Waals surface area contributed by atoms with E-state index in [0.29, 0.717) is 45.0 Å². The smallest absolute Gasteiger partial charge is 0.410 e. The Labute approximate surface area is 233 Å². The van der Waals surface area contributed by atoms with Crippen molar-refractivity contribution in [3.8, 4) is 0 Å². The van der Waals surface area contributed by atoms with E-state index >= 15 is 0 Å². The van der Waals surface area contributed by atoms with Crippen LogP contribution >= 0.6 is 0 Å². The predicted molar refractivity (Wildman–Crippen MR) is 153 cm³/mol. The number of benzene rings is 1. The second-order valence-corrected chi connectivity index (χ2v) is 12.8. The Balaban J connectivity index is 1.99. The molecule has 1 N–H and O–H groups in total. The monoisotopic (exact) mass is 544 g/mol. The van der Waals surface area contributed by atoms with Crippen LogP contribution in [0.25, 0.3) is 11.0 Å². The number of fused-ring (bicyclic) bond motifs is 1. The first-order valence-electron chi connectivity index (χ1n) is 14.2. The molecule has 3 rings (SSSR count). The van der Waals surface area contributed by atoms with Gasteiger partial charge < -0.3 is 28.9 Å². The molecular weight excluding hydrogens is 496 g/mol. The highest BCUT2D eigenvalue weighted by Crippen LogP contribution is 2.32. The van der Waals surface area contributed by atoms with Crippen LogP contribution in [0.1, 0.15) is 78.3 Å². The summed E-state index contributed by atoms with van der Waals surface area (Å²) >= 11 is 0. The maximum absolute atomic E-state index is 14.3. The van der Waals surface area contributed by atoms with Crippen molar-refractivity contribution in [2.45, 2.75) is 91.5 Å². The second kappa shape index (κ2) is 12.7. The molecule has 0 bridgehead atoms. The van der Waals surface area contributed by atoms with Gasteiger partial charge in [-0.05, 0) is 71.9 Å². The van der Waals surface area contributed by atoms with Gasteiger partial charge in [0.15, 0.2) is 5.82 Å². The number of likely N-dealkylation sites (tertiary alicyclic amines) is 1. The van der Waals surface area contributed by atoms with E-state index in [1.165, 1.54) is 0 Å². The lowest BCUT2D eigenvalue weighted by Gasteiger charge is -2.46. The summed E-state index contributed by atoms with van der Waals surface area (Å²) in [5.41, 5.74) is 0.0386. The van der Waals surface area contributed by atoms with Crippen LogP contribution in [-0.2, 0) is 16.0 Å². The van der Waals surface area contributed by atoms with E-state index in [9.17, 15) is 14.7 Å². The van der Waals surface area contributed by atoms with E-state index in [1.807, 2.05) is 54.5 Å². The third-order valence-corrected chi connectivity index (χ3v) is 7.17. The van der Waals surface area contributed by atoms with Gasteiger partial charge in [-0.1, -0.05) is 26.0 Å². The highest BCUT2D eigenvalue weighted by atomic mass is 16.6. The summed E-state index contributed by atoms with van der Waals surface area (Å²) in [7, 11) is 1.69. The molecule has 2 heterocycles. The Morgan fingerprint density at radius 2 is 1.82 bits per heavy atom. The molecule has 2 amide bonds. The number of rotatable bonds is 10. The standard InChI is InChI=1S/C30H48N4O5/c1-21(2)18-34(23-17-22(30(6,7)37)19-32(20-23)28(36)39-29(3,4)5)27(35)26-31-24-13-9-10-14-25(24)33(26)15-11-12-16-38-8/h9-10,13-14,21-23,37H,11-12,15-20H2,1-8H3/t22?,23-/m0/s1. The van der Waals surface area contributed by atoms with Crippen molar-refractivity contribution in [2.75, 3.05) is 33.4 Å². The first kappa shape index (κ1) is 30.9. The molecule has 0 aliphatic carbocycles. The first-order valence-corrected chi connectivity index (χ1v) is 14.2. The minimum atomic E-state index is -1.03. The lowest BCUT2D eigenvalue weighted by atomic mass is 9.81. The van der Waals surface area contributed by atoms with Crippen molar-refractivity contribution in [1.29, 1.82) is 0 Å². The van der Waals surface area contributed by atoms with Crippen LogP contribution in [0.2, 0.25) is 0 Å². The topological polar surface area (TPSA) is 97.1 Å². The zero-order valence-corrected chi connectivity index (χ0v) is 25.1. The Hall–Kier alpha value is -2.65. The van der Waals surface area contributed by atoms with Crippen LogP contribution in [-0.4, -0.2) is 87.1 Å². The molecule has 9 nitrogen and oxygen atoms in total. The van der Waals surface area contributed by atoms with Crippen molar-refractivity contribution >= 4 is 23.0 Å². The minimum absolute atomic E-state index is 0.155. The number of unbranched alkanes of at least 4 members (excludes halogenated alkanes) is 1. The van der Waals surface area contributed by atoms with E-state index in [0.717, 1.165) is 23.9 Å². The Bertz CT molecular complexity index is 1110. The molecule has 39 heavy (non-hydrogen) atoms. The number of hydrogen-bond donors (Lipinski definition) is 1. The number of imidazole rings is 1. The molecule has 1 saturated heterocycles. The van der Waals surface area contributed by atoms with Crippen molar-refractivity contribution in [3.63, 3.8) is 0 Å². The van der Waals surface area contributed by atoms with Crippen LogP contribution in [0.4, 0.5) is 4.79 Å². The quantitative estimate of drug-likeness (QED) is 0.425. The third-order valence-electron chi connectivity index (χ3n) is 7.17. The van der Waals surface area contributed by atoms with Crippen molar-refractivity contribution in [2.24, 2.45) is 11.8 Å². The van der Waals surface area contributed by atoms with Crippen molar-refractivity contribution in [3.05, 3.63) is 30.1 Å². The maximum Gasteiger partial charge on any atom is 0.410 e. The summed E-state index contributed by atoms with van der Waals surface area (Å²) in [6, 6.07) is 7.53. The van der Waals surface area contributed by atoms with Gasteiger partial charge in [0.25, 0.3) is 5.91 Å². The summed E-state index contributed by atoms with van der Waals surface area (Å²) in [5.74, 6) is 0.228. The molecule has 1 aliphatic rings. The molecule has 1 unspecified atom stereocenters. The van der Waals surface area contributed by atoms with Crippen LogP contribution in [0.5, 0.6) is 0 Å². The number of hydrogen-bond acceptors (Lipinski definition) is 6. The van der Waals surface area contributed by atoms with Gasteiger partial charge in [0.2, 0.25) is 0 Å². The molecule has 9 heteroatoms. The Morgan fingerprint density at radius 3 is 2.44 bits per heavy atom. The van der Waals surface area contributed by atoms with E-state index in [1.54, 1.807) is 25.9 Å². The molecule has 0 spiro atoms. The highest BCUT2D eigenvalue weighted by molar-refractivity contribution is 5.95. The summed E-state index contributed by atoms with van der Waals surface area (Å²) in [6.45, 7) is 15.7. The number of methoxy groups -OCH3 is 1. The molecule has 2 atom stereocenters. The van der Waals surface area contributed by atoms with Crippen LogP contribution in [0.15, 0.2) is 24.3 Å². The zero-order valence-electron chi connectivity index (χ0n) is 25.1. The van der Waals surface area contributed by atoms with Gasteiger partial charge in [-0.15, -0.1) is 0 Å². The molecule has 1 aromatic carbocycles. The normalized spacial score (nSPS) is 18.6. The van der Waals surface area contributed by atoms with Gasteiger partial charge in [0.1, 0.15) is 5.60 Å². The molecular formula is C30H48N4O5. The number of para-hydroxylation sites is 2. The van der Waals surface area contributed by atoms with E-state index in [2.05, 4.69) is 13.8 Å². The number of carbonyl (C=O) groups is 2. The van der Waals surface area contributed by atoms with E-state index in [4.69, 9.17) is 14.5 Å². The van der Waals surface area contributed by atoms with Gasteiger partial charge in [-0.25, -0.2) is 9.78 Å². The summed E-state index contributed by atoms with van der Waals surface area (Å²) in [5, 5.41) is 11.0. The third kappa shape index (κ3) is 8.18. The maximum atomic E-state index is 14.3. The molecule has 0 radical (unpaired) electrons. The van der Waals surface area contributed by atoms with Crippen LogP contribution in [0.3, 0.4) is 0 Å². The SMILES string of the molecule is COCCCCn1c(C(=O)N(CC(C)C)[C@H]2CC(C(C)(C)O)CN(C(=O)OC(C)(C)C)C2)nc2ccccc21. The van der Waals surface area contributed by atoms with Gasteiger partial charge in [-0.2, -0.15) is 0 Å². The molecule has 1 aromatic heterocycles. The number of nitrogens with zero attached hydrogens (tertiary/aromatic N) is 4. The largest absolute Gasteiger partial charge is 0.444 e. The lowest BCUT2D eigenvalue weighted by Crippen LogP contribution is -2.58. The fourth-order valence-corrected chi connectivity index (χ4v) is 5.19. The number of ether oxygens (including phenoxy) is 2. The number of aryl methyl sites for hydroxylation is 1. The summed E-state index contributed by atoms with van der Waals surface area (Å²) in [4.78, 5) is 35.8. The Morgan fingerprint density at radius 1 is 1.13 bits per heavy atom. The zero-order chi connectivity index (χ0) is 29.0. The van der Waals surface area contributed by atoms with Crippen LogP contribution in [0, 0.1) is 11.8 Å². The van der Waals surface area contributed by atoms with Gasteiger partial charge in [0.05, 0.1) is 22.7 Å². The molecule has 218 valence electrons. The number of piperidine rings is 1. The van der Waals surface area contributed by atoms with Gasteiger partial charge in [-0.3, -0.25) is 4.79 Å². The van der Waals surface area contributed by atoms with Gasteiger partial charge >= 0.3 is 6.09 Å². The fourth-order valence-electron chi connectivity index (χ4n) is 5.19. The number of carbonyl (C=O) groups excluding carboxylic acids is 2. The first-order chi connectivity index (χ1) is 18.2. The molecule has 1 aliphatic heterocycles. The van der Waals surface area contributed by atoms with Crippen LogP contribution < -0.4 is 0 Å². The Kier molecular flexibility index (Phi) is 10.0. The van der Waals surface area contributed by atoms with Gasteiger partial charge in [0, 0.05) is 45.8 Å². The average molecular weight is 545 g/mol. The van der Waals surface area contributed by atoms with E-state index < -0.39 is 17.3 Å². The number of amides is 2. The number of aromatic nitrogens is 2. The molecule has 1 fully saturated rings. The lowest BCUT2D eigenvalue weighted by molar-refractivity contribution is -0.0481. The summed E-state index contributed by atoms with van der Waals surface area (Å²) in [6.07, 6.45) is 1.89. The highest BCUT2D eigenvalue weighted by Gasteiger charge is 2.42. The van der Waals surface area contributed by atoms with Crippen molar-refractivity contribution in [1.82, 2.24) is 19.4 Å². The van der Waals surface area contributed by atoms with Crippen molar-refractivity contribution < 1.29 is 24.2 Å². The molecule has 0 saturated carbocycles. The number of aliphatic hydroxyl groups is 1. The predicted octanol–water partition coefficient (Wildman–Crippen LogP) is 4.96. The fraction of sp³-hybridized carbons (Fsp3) is 0.700. The second-order valence-electron chi connectivity index (χ2n) is 12.8. The average Bonchev–Trinajstić information content (AvgIpc) is 3.21. The minimum Gasteiger partial charge on any atom is -0.444 e. The summed E-state index contributed by atoms with van der Waals surface area (Å²) < 4.78 is 12.9.